The quantitative estimate of drug-likeness (QED) is 0.467. The number of hydrogen-bond acceptors (Lipinski definition) is 4. The van der Waals surface area contributed by atoms with Gasteiger partial charge in [-0.1, -0.05) is 20.3 Å². The summed E-state index contributed by atoms with van der Waals surface area (Å²) in [5.74, 6) is -0.736. The van der Waals surface area contributed by atoms with Gasteiger partial charge in [-0.25, -0.2) is 4.79 Å². The predicted octanol–water partition coefficient (Wildman–Crippen LogP) is -0.406. The molecule has 0 aromatic carbocycles. The van der Waals surface area contributed by atoms with Crippen LogP contribution < -0.4 is 11.0 Å². The molecule has 0 heterocycles. The Morgan fingerprint density at radius 1 is 1.57 bits per heavy atom. The Hall–Kier alpha value is -1.04. The summed E-state index contributed by atoms with van der Waals surface area (Å²) >= 11 is 0. The largest absolute Gasteiger partial charge is 0.467 e. The van der Waals surface area contributed by atoms with Gasteiger partial charge in [-0.3, -0.25) is 4.79 Å². The van der Waals surface area contributed by atoms with E-state index in [0.717, 1.165) is 6.42 Å². The second kappa shape index (κ2) is 6.42. The molecule has 0 fully saturated rings. The molecule has 0 saturated heterocycles. The maximum absolute atomic E-state index is 11.3. The number of esters is 1. The Balaban J connectivity index is 4.39. The minimum absolute atomic E-state index is 0.0398. The van der Waals surface area contributed by atoms with Crippen molar-refractivity contribution in [2.75, 3.05) is 7.11 Å². The van der Waals surface area contributed by atoms with Gasteiger partial charge in [0.05, 0.1) is 7.11 Å². The minimum Gasteiger partial charge on any atom is -0.467 e. The summed E-state index contributed by atoms with van der Waals surface area (Å²) in [5, 5.41) is 2.53. The van der Waals surface area contributed by atoms with Crippen molar-refractivity contribution in [3.63, 3.8) is 0 Å². The molecular formula is C8H17BN2O3. The van der Waals surface area contributed by atoms with Crippen LogP contribution in [0.2, 0.25) is 0 Å². The van der Waals surface area contributed by atoms with Gasteiger partial charge in [0.25, 0.3) is 0 Å². The van der Waals surface area contributed by atoms with E-state index in [0.29, 0.717) is 0 Å². The smallest absolute Gasteiger partial charge is 0.328 e. The van der Waals surface area contributed by atoms with Crippen LogP contribution in [-0.2, 0) is 9.53 Å². The lowest BCUT2D eigenvalue weighted by Crippen LogP contribution is -2.48. The maximum atomic E-state index is 11.3. The van der Waals surface area contributed by atoms with Crippen LogP contribution in [-0.4, -0.2) is 32.3 Å². The van der Waals surface area contributed by atoms with Crippen molar-refractivity contribution in [2.45, 2.75) is 26.3 Å². The summed E-state index contributed by atoms with van der Waals surface area (Å²) < 4.78 is 4.59. The highest BCUT2D eigenvalue weighted by Crippen LogP contribution is 2.08. The van der Waals surface area contributed by atoms with Gasteiger partial charge in [0, 0.05) is 0 Å². The number of methoxy groups -OCH3 is 1. The van der Waals surface area contributed by atoms with Crippen molar-refractivity contribution >= 4 is 19.2 Å². The molecule has 0 spiro atoms. The molecule has 0 aliphatic carbocycles. The monoisotopic (exact) mass is 200 g/mol. The van der Waals surface area contributed by atoms with E-state index in [1.165, 1.54) is 7.11 Å². The van der Waals surface area contributed by atoms with Gasteiger partial charge in [0.15, 0.2) is 5.81 Å². The lowest BCUT2D eigenvalue weighted by Gasteiger charge is -2.21. The van der Waals surface area contributed by atoms with Crippen molar-refractivity contribution in [1.29, 1.82) is 0 Å². The molecule has 80 valence electrons. The molecule has 14 heavy (non-hydrogen) atoms. The fourth-order valence-corrected chi connectivity index (χ4v) is 1.03. The van der Waals surface area contributed by atoms with Crippen molar-refractivity contribution < 1.29 is 14.3 Å². The van der Waals surface area contributed by atoms with Gasteiger partial charge in [0.1, 0.15) is 6.04 Å². The number of amides is 1. The van der Waals surface area contributed by atoms with Gasteiger partial charge in [-0.2, -0.15) is 0 Å². The van der Waals surface area contributed by atoms with Gasteiger partial charge in [-0.05, 0) is 5.92 Å². The summed E-state index contributed by atoms with van der Waals surface area (Å²) in [4.78, 5) is 22.3. The Kier molecular flexibility index (Phi) is 5.95. The highest BCUT2D eigenvalue weighted by molar-refractivity contribution is 6.70. The lowest BCUT2D eigenvalue weighted by atomic mass is 9.92. The second-order valence-electron chi connectivity index (χ2n) is 3.16. The van der Waals surface area contributed by atoms with Crippen LogP contribution in [0, 0.1) is 5.92 Å². The van der Waals surface area contributed by atoms with E-state index in [9.17, 15) is 9.59 Å². The number of carbonyl (C=O) groups is 2. The van der Waals surface area contributed by atoms with E-state index in [2.05, 4.69) is 10.1 Å². The highest BCUT2D eigenvalue weighted by atomic mass is 16.5. The molecule has 3 N–H and O–H groups in total. The standard InChI is InChI=1S/C8H17BN2O3/c1-4-5(2)6(7(12)14-3)11-8(13)9-10/h5-6,9H,4,10H2,1-3H3,(H,11,13)/t5-,6-/m0/s1. The third kappa shape index (κ3) is 3.78. The molecule has 0 aliphatic rings. The van der Waals surface area contributed by atoms with Crippen LogP contribution >= 0.6 is 0 Å². The molecule has 2 atom stereocenters. The normalized spacial score (nSPS) is 14.0. The zero-order chi connectivity index (χ0) is 11.1. The zero-order valence-electron chi connectivity index (χ0n) is 8.87. The van der Waals surface area contributed by atoms with Crippen LogP contribution in [0.4, 0.5) is 4.79 Å². The lowest BCUT2D eigenvalue weighted by molar-refractivity contribution is -0.144. The number of carbonyl (C=O) groups excluding carboxylic acids is 2. The first-order valence-electron chi connectivity index (χ1n) is 4.64. The van der Waals surface area contributed by atoms with E-state index < -0.39 is 12.0 Å². The van der Waals surface area contributed by atoms with E-state index in [4.69, 9.17) is 5.64 Å². The van der Waals surface area contributed by atoms with Gasteiger partial charge >= 0.3 is 13.4 Å². The zero-order valence-corrected chi connectivity index (χ0v) is 8.87. The number of nitrogens with two attached hydrogens (primary N) is 1. The van der Waals surface area contributed by atoms with Crippen molar-refractivity contribution in [1.82, 2.24) is 5.32 Å². The molecule has 0 radical (unpaired) electrons. The summed E-state index contributed by atoms with van der Waals surface area (Å²) in [7, 11) is 1.18. The Morgan fingerprint density at radius 2 is 2.14 bits per heavy atom. The molecule has 0 aromatic rings. The van der Waals surface area contributed by atoms with Crippen LogP contribution in [0.15, 0.2) is 0 Å². The van der Waals surface area contributed by atoms with Crippen LogP contribution in [0.5, 0.6) is 0 Å². The number of rotatable bonds is 5. The maximum Gasteiger partial charge on any atom is 0.328 e. The first-order chi connectivity index (χ1) is 6.56. The van der Waals surface area contributed by atoms with Gasteiger partial charge < -0.3 is 15.7 Å². The van der Waals surface area contributed by atoms with Gasteiger partial charge in [-0.15, -0.1) is 0 Å². The number of ether oxygens (including phenoxy) is 1. The molecule has 0 saturated carbocycles. The average molecular weight is 200 g/mol. The van der Waals surface area contributed by atoms with E-state index in [1.54, 1.807) is 0 Å². The molecular weight excluding hydrogens is 183 g/mol. The van der Waals surface area contributed by atoms with E-state index in [1.807, 2.05) is 13.8 Å². The Morgan fingerprint density at radius 3 is 2.50 bits per heavy atom. The molecule has 0 aliphatic heterocycles. The van der Waals surface area contributed by atoms with E-state index in [-0.39, 0.29) is 19.1 Å². The third-order valence-electron chi connectivity index (χ3n) is 2.17. The van der Waals surface area contributed by atoms with Crippen LogP contribution in [0.3, 0.4) is 0 Å². The van der Waals surface area contributed by atoms with Crippen LogP contribution in [0.1, 0.15) is 20.3 Å². The molecule has 0 aromatic heterocycles. The number of nitrogens with one attached hydrogen (secondary N) is 1. The number of hydrogen-bond donors (Lipinski definition) is 2. The molecule has 0 unspecified atom stereocenters. The molecule has 0 rings (SSSR count). The summed E-state index contributed by atoms with van der Waals surface area (Å²) in [6.07, 6.45) is 0.782. The first kappa shape index (κ1) is 13.0. The van der Waals surface area contributed by atoms with Crippen LogP contribution in [0.25, 0.3) is 0 Å². The SMILES string of the molecule is CC[C@H](C)[C@H](NC(=O)BN)C(=O)OC. The molecule has 6 heteroatoms. The predicted molar refractivity (Wildman–Crippen MR) is 55.1 cm³/mol. The summed E-state index contributed by atoms with van der Waals surface area (Å²) in [6, 6.07) is -0.596. The fourth-order valence-electron chi connectivity index (χ4n) is 1.03. The topological polar surface area (TPSA) is 81.4 Å². The first-order valence-corrected chi connectivity index (χ1v) is 4.64. The Bertz CT molecular complexity index is 211. The van der Waals surface area contributed by atoms with Crippen molar-refractivity contribution in [2.24, 2.45) is 11.6 Å². The highest BCUT2D eigenvalue weighted by Gasteiger charge is 2.25. The average Bonchev–Trinajstić information content (AvgIpc) is 2.23. The summed E-state index contributed by atoms with van der Waals surface area (Å²) in [6.45, 7) is 3.81. The van der Waals surface area contributed by atoms with Crippen molar-refractivity contribution in [3.8, 4) is 0 Å². The summed E-state index contributed by atoms with van der Waals surface area (Å²) in [5.41, 5.74) is 5.14. The Labute approximate surface area is 84.6 Å². The van der Waals surface area contributed by atoms with Crippen molar-refractivity contribution in [3.05, 3.63) is 0 Å². The van der Waals surface area contributed by atoms with Gasteiger partial charge in [0.2, 0.25) is 0 Å². The fraction of sp³-hybridized carbons (Fsp3) is 0.750. The van der Waals surface area contributed by atoms with E-state index >= 15 is 0 Å². The molecule has 0 bridgehead atoms. The minimum atomic E-state index is -0.596. The third-order valence-corrected chi connectivity index (χ3v) is 2.17. The molecule has 5 nitrogen and oxygen atoms in total. The molecule has 1 amide bonds. The second-order valence-corrected chi connectivity index (χ2v) is 3.16.